The van der Waals surface area contributed by atoms with Crippen LogP contribution in [0.5, 0.6) is 0 Å². The quantitative estimate of drug-likeness (QED) is 0.108. The smallest absolute Gasteiger partial charge is 0.386 e. The normalized spacial score (nSPS) is 11.7. The van der Waals surface area contributed by atoms with Crippen molar-refractivity contribution in [2.24, 2.45) is 0 Å². The summed E-state index contributed by atoms with van der Waals surface area (Å²) in [6, 6.07) is 6.03. The van der Waals surface area contributed by atoms with Gasteiger partial charge in [-0.05, 0) is 49.9 Å². The minimum absolute atomic E-state index is 0.00369. The van der Waals surface area contributed by atoms with Gasteiger partial charge in [0.05, 0.1) is 23.9 Å². The van der Waals surface area contributed by atoms with Crippen LogP contribution in [0.1, 0.15) is 48.4 Å². The van der Waals surface area contributed by atoms with Gasteiger partial charge in [-0.1, -0.05) is 12.1 Å². The number of alkyl halides is 3. The summed E-state index contributed by atoms with van der Waals surface area (Å²) < 4.78 is 41.1. The van der Waals surface area contributed by atoms with E-state index in [1.54, 1.807) is 6.20 Å². The molecule has 15 heteroatoms. The summed E-state index contributed by atoms with van der Waals surface area (Å²) in [4.78, 5) is 62.3. The van der Waals surface area contributed by atoms with Gasteiger partial charge in [0.1, 0.15) is 5.82 Å². The molecule has 0 aliphatic heterocycles. The average Bonchev–Trinajstić information content (AvgIpc) is 2.86. The van der Waals surface area contributed by atoms with E-state index in [-0.39, 0.29) is 23.2 Å². The van der Waals surface area contributed by atoms with E-state index < -0.39 is 53.9 Å². The predicted octanol–water partition coefficient (Wildman–Crippen LogP) is 3.18. The molecule has 2 rings (SSSR count). The van der Waals surface area contributed by atoms with Crippen molar-refractivity contribution in [1.82, 2.24) is 15.6 Å². The number of esters is 2. The minimum atomic E-state index is -5.42. The van der Waals surface area contributed by atoms with Crippen LogP contribution in [-0.2, 0) is 23.9 Å². The molecular weight excluding hydrogens is 539 g/mol. The number of ether oxygens (including phenoxy) is 1. The topological polar surface area (TPSA) is 170 Å². The molecular formula is C25H28F3N5O7. The fraction of sp³-hybridized carbons (Fsp3) is 0.400. The third-order valence-corrected chi connectivity index (χ3v) is 5.47. The lowest BCUT2D eigenvalue weighted by atomic mass is 10.0. The molecule has 0 fully saturated rings. The van der Waals surface area contributed by atoms with Gasteiger partial charge >= 0.3 is 18.1 Å². The second-order valence-corrected chi connectivity index (χ2v) is 8.77. The maximum atomic E-state index is 12.5. The van der Waals surface area contributed by atoms with E-state index in [0.717, 1.165) is 11.6 Å². The third-order valence-electron chi connectivity index (χ3n) is 5.47. The van der Waals surface area contributed by atoms with Gasteiger partial charge in [-0.25, -0.2) is 9.78 Å². The Morgan fingerprint density at radius 1 is 1.07 bits per heavy atom. The largest absolute Gasteiger partial charge is 0.491 e. The van der Waals surface area contributed by atoms with E-state index in [0.29, 0.717) is 25.2 Å². The minimum Gasteiger partial charge on any atom is -0.386 e. The van der Waals surface area contributed by atoms with Crippen molar-refractivity contribution >= 4 is 35.3 Å². The number of amides is 2. The van der Waals surface area contributed by atoms with Crippen LogP contribution in [0.25, 0.3) is 0 Å². The van der Waals surface area contributed by atoms with Gasteiger partial charge in [0.25, 0.3) is 5.69 Å². The van der Waals surface area contributed by atoms with Crippen molar-refractivity contribution in [2.75, 3.05) is 18.4 Å². The second kappa shape index (κ2) is 14.6. The lowest BCUT2D eigenvalue weighted by molar-refractivity contribution is -0.385. The Hall–Kier alpha value is -4.56. The van der Waals surface area contributed by atoms with Gasteiger partial charge < -0.3 is 20.7 Å². The van der Waals surface area contributed by atoms with E-state index in [9.17, 15) is 42.5 Å². The zero-order valence-electron chi connectivity index (χ0n) is 21.7. The molecule has 1 aromatic heterocycles. The molecule has 40 heavy (non-hydrogen) atoms. The van der Waals surface area contributed by atoms with Gasteiger partial charge in [-0.15, -0.1) is 0 Å². The van der Waals surface area contributed by atoms with Crippen LogP contribution in [0, 0.1) is 24.0 Å². The molecule has 0 aliphatic rings. The molecule has 0 saturated carbocycles. The first-order valence-corrected chi connectivity index (χ1v) is 12.1. The number of rotatable bonds is 13. The number of pyridine rings is 1. The maximum absolute atomic E-state index is 12.5. The molecule has 1 unspecified atom stereocenters. The zero-order valence-corrected chi connectivity index (χ0v) is 21.7. The molecule has 1 atom stereocenters. The Morgan fingerprint density at radius 2 is 1.80 bits per heavy atom. The van der Waals surface area contributed by atoms with Crippen molar-refractivity contribution in [3.8, 4) is 0 Å². The average molecular weight is 568 g/mol. The van der Waals surface area contributed by atoms with Crippen LogP contribution in [0.3, 0.4) is 0 Å². The Kier molecular flexibility index (Phi) is 11.5. The lowest BCUT2D eigenvalue weighted by Gasteiger charge is -2.19. The fourth-order valence-electron chi connectivity index (χ4n) is 3.43. The van der Waals surface area contributed by atoms with E-state index >= 15 is 0 Å². The number of anilines is 1. The van der Waals surface area contributed by atoms with Crippen molar-refractivity contribution in [2.45, 2.75) is 51.7 Å². The first-order valence-electron chi connectivity index (χ1n) is 12.1. The summed E-state index contributed by atoms with van der Waals surface area (Å²) in [6.07, 6.45) is -3.44. The van der Waals surface area contributed by atoms with Crippen LogP contribution in [0.15, 0.2) is 36.5 Å². The van der Waals surface area contributed by atoms with Crippen LogP contribution in [0.4, 0.5) is 24.7 Å². The van der Waals surface area contributed by atoms with Crippen molar-refractivity contribution in [3.63, 3.8) is 0 Å². The number of carbonyl (C=O) groups excluding carboxylic acids is 4. The number of nitro groups is 1. The highest BCUT2D eigenvalue weighted by Crippen LogP contribution is 2.26. The Labute approximate surface area is 226 Å². The molecule has 12 nitrogen and oxygen atoms in total. The lowest BCUT2D eigenvalue weighted by Crippen LogP contribution is -2.39. The number of nitro benzene ring substituents is 1. The van der Waals surface area contributed by atoms with E-state index in [1.165, 1.54) is 19.1 Å². The second-order valence-electron chi connectivity index (χ2n) is 8.77. The number of unbranched alkanes of at least 4 members (excludes halogenated alkanes) is 1. The number of carbonyl (C=O) groups is 4. The van der Waals surface area contributed by atoms with Crippen molar-refractivity contribution in [3.05, 3.63) is 63.3 Å². The summed E-state index contributed by atoms with van der Waals surface area (Å²) in [5.74, 6) is -4.92. The number of nitrogens with zero attached hydrogens (tertiary/aromatic N) is 2. The highest BCUT2D eigenvalue weighted by atomic mass is 19.4. The van der Waals surface area contributed by atoms with Gasteiger partial charge in [0, 0.05) is 30.8 Å². The number of halogens is 3. The van der Waals surface area contributed by atoms with Gasteiger partial charge in [0.2, 0.25) is 11.8 Å². The van der Waals surface area contributed by atoms with E-state index in [2.05, 4.69) is 25.7 Å². The van der Waals surface area contributed by atoms with Crippen LogP contribution < -0.4 is 16.0 Å². The number of hydrogen-bond donors (Lipinski definition) is 3. The summed E-state index contributed by atoms with van der Waals surface area (Å²) in [6.45, 7) is 3.41. The summed E-state index contributed by atoms with van der Waals surface area (Å²) in [7, 11) is 0. The van der Waals surface area contributed by atoms with Crippen LogP contribution in [-0.4, -0.2) is 52.9 Å². The molecule has 0 spiro atoms. The summed E-state index contributed by atoms with van der Waals surface area (Å²) in [5, 5.41) is 19.1. The molecule has 2 amide bonds. The molecule has 0 aliphatic carbocycles. The molecule has 0 saturated heterocycles. The fourth-order valence-corrected chi connectivity index (χ4v) is 3.43. The molecule has 2 aromatic rings. The number of nitrogens with one attached hydrogen (secondary N) is 3. The highest BCUT2D eigenvalue weighted by Gasteiger charge is 2.42. The van der Waals surface area contributed by atoms with Gasteiger partial charge in [0.15, 0.2) is 0 Å². The van der Waals surface area contributed by atoms with Gasteiger partial charge in [-0.3, -0.25) is 24.5 Å². The monoisotopic (exact) mass is 567 g/mol. The first kappa shape index (κ1) is 31.7. The Balaban J connectivity index is 1.92. The number of aromatic nitrogens is 1. The molecule has 0 bridgehead atoms. The molecule has 3 N–H and O–H groups in total. The predicted molar refractivity (Wildman–Crippen MR) is 135 cm³/mol. The number of hydrogen-bond acceptors (Lipinski definition) is 9. The van der Waals surface area contributed by atoms with Crippen molar-refractivity contribution < 1.29 is 42.0 Å². The highest BCUT2D eigenvalue weighted by molar-refractivity contribution is 5.89. The third kappa shape index (κ3) is 10.7. The standard InChI is InChI=1S/C25H28F3N5O7/c1-15-8-10-30-20(11-15)29-9-4-3-5-21(34)31-14-22(35)32-18(13-23(36)40-24(37)25(26,27)28)17-7-6-16(2)19(12-17)33(38)39/h6-8,10-12,18H,3-5,9,13-14H2,1-2H3,(H,29,30)(H,31,34)(H,32,35). The first-order chi connectivity index (χ1) is 18.8. The molecule has 1 heterocycles. The zero-order chi connectivity index (χ0) is 29.9. The number of benzene rings is 1. The Morgan fingerprint density at radius 3 is 2.45 bits per heavy atom. The number of aryl methyl sites for hydroxylation is 2. The molecule has 216 valence electrons. The van der Waals surface area contributed by atoms with Crippen LogP contribution in [0.2, 0.25) is 0 Å². The molecule has 0 radical (unpaired) electrons. The van der Waals surface area contributed by atoms with Crippen molar-refractivity contribution in [1.29, 1.82) is 0 Å². The summed E-state index contributed by atoms with van der Waals surface area (Å²) >= 11 is 0. The summed E-state index contributed by atoms with van der Waals surface area (Å²) in [5.41, 5.74) is 0.942. The van der Waals surface area contributed by atoms with E-state index in [1.807, 2.05) is 19.1 Å². The van der Waals surface area contributed by atoms with E-state index in [4.69, 9.17) is 0 Å². The molecule has 1 aromatic carbocycles. The van der Waals surface area contributed by atoms with Gasteiger partial charge in [-0.2, -0.15) is 13.2 Å². The Bertz CT molecular complexity index is 1250. The SMILES string of the molecule is Cc1ccnc(NCCCCC(=O)NCC(=O)NC(CC(=O)OC(=O)C(F)(F)F)c2ccc(C)c([N+](=O)[O-])c2)c1. The van der Waals surface area contributed by atoms with Crippen LogP contribution >= 0.6 is 0 Å². The maximum Gasteiger partial charge on any atom is 0.491 e.